The fraction of sp³-hybridized carbons (Fsp3) is 1.00. The van der Waals surface area contributed by atoms with Gasteiger partial charge in [-0.2, -0.15) is 0 Å². The normalized spacial score (nSPS) is 34.0. The minimum Gasteiger partial charge on any atom is -0.396 e. The molecule has 0 spiro atoms. The summed E-state index contributed by atoms with van der Waals surface area (Å²) in [5.74, 6) is 0. The molecule has 2 N–H and O–H groups in total. The van der Waals surface area contributed by atoms with Crippen molar-refractivity contribution in [2.45, 2.75) is 57.1 Å². The molecule has 116 valence electrons. The van der Waals surface area contributed by atoms with Gasteiger partial charge in [0.05, 0.1) is 12.7 Å². The average Bonchev–Trinajstić information content (AvgIpc) is 2.96. The van der Waals surface area contributed by atoms with E-state index >= 15 is 0 Å². The second kappa shape index (κ2) is 6.73. The third-order valence-corrected chi connectivity index (χ3v) is 5.58. The highest BCUT2D eigenvalue weighted by Gasteiger charge is 2.34. The van der Waals surface area contributed by atoms with Crippen LogP contribution >= 0.6 is 0 Å². The second-order valence-corrected chi connectivity index (χ2v) is 7.10. The largest absolute Gasteiger partial charge is 0.396 e. The van der Waals surface area contributed by atoms with Gasteiger partial charge in [-0.05, 0) is 32.2 Å². The van der Waals surface area contributed by atoms with Crippen LogP contribution in [0.4, 0.5) is 0 Å². The first-order valence-corrected chi connectivity index (χ1v) is 8.49. The highest BCUT2D eigenvalue weighted by molar-refractivity contribution is 4.88. The topological polar surface area (TPSA) is 44.7 Å². The van der Waals surface area contributed by atoms with Crippen molar-refractivity contribution in [1.82, 2.24) is 10.2 Å². The summed E-state index contributed by atoms with van der Waals surface area (Å²) in [4.78, 5) is 2.60. The standard InChI is InChI=1S/C16H30N2O2/c19-13-16(6-2-1-3-7-16)12-17-9-15-10-18-8-4-5-14(18)11-20-15/h14-15,17,19H,1-13H2. The Hall–Kier alpha value is -0.160. The van der Waals surface area contributed by atoms with E-state index < -0.39 is 0 Å². The summed E-state index contributed by atoms with van der Waals surface area (Å²) < 4.78 is 5.98. The number of hydrogen-bond donors (Lipinski definition) is 2. The molecule has 2 aliphatic heterocycles. The van der Waals surface area contributed by atoms with Crippen molar-refractivity contribution in [3.63, 3.8) is 0 Å². The molecule has 3 aliphatic rings. The number of hydrogen-bond acceptors (Lipinski definition) is 4. The van der Waals surface area contributed by atoms with Crippen LogP contribution in [0.2, 0.25) is 0 Å². The summed E-state index contributed by atoms with van der Waals surface area (Å²) in [7, 11) is 0. The van der Waals surface area contributed by atoms with Crippen molar-refractivity contribution in [1.29, 1.82) is 0 Å². The number of aliphatic hydroxyl groups is 1. The van der Waals surface area contributed by atoms with Gasteiger partial charge in [0.15, 0.2) is 0 Å². The van der Waals surface area contributed by atoms with Gasteiger partial charge in [-0.25, -0.2) is 0 Å². The van der Waals surface area contributed by atoms with Gasteiger partial charge in [0.1, 0.15) is 0 Å². The predicted molar refractivity (Wildman–Crippen MR) is 79.8 cm³/mol. The van der Waals surface area contributed by atoms with Gasteiger partial charge in [-0.1, -0.05) is 19.3 Å². The van der Waals surface area contributed by atoms with E-state index in [2.05, 4.69) is 10.2 Å². The minimum atomic E-state index is 0.142. The maximum atomic E-state index is 9.72. The number of aliphatic hydroxyl groups excluding tert-OH is 1. The molecule has 4 nitrogen and oxygen atoms in total. The van der Waals surface area contributed by atoms with Crippen LogP contribution < -0.4 is 5.32 Å². The highest BCUT2D eigenvalue weighted by Crippen LogP contribution is 2.35. The first-order valence-electron chi connectivity index (χ1n) is 8.49. The van der Waals surface area contributed by atoms with Gasteiger partial charge in [0, 0.05) is 37.7 Å². The Morgan fingerprint density at radius 1 is 1.20 bits per heavy atom. The molecular weight excluding hydrogens is 252 g/mol. The van der Waals surface area contributed by atoms with E-state index in [0.717, 1.165) is 26.2 Å². The number of morpholine rings is 1. The first-order chi connectivity index (χ1) is 9.81. The molecule has 0 amide bonds. The molecule has 2 saturated heterocycles. The molecule has 0 aromatic rings. The lowest BCUT2D eigenvalue weighted by molar-refractivity contribution is -0.0486. The molecule has 0 aromatic heterocycles. The molecule has 2 unspecified atom stereocenters. The molecule has 2 heterocycles. The zero-order valence-electron chi connectivity index (χ0n) is 12.6. The molecular formula is C16H30N2O2. The van der Waals surface area contributed by atoms with Crippen LogP contribution in [-0.2, 0) is 4.74 Å². The van der Waals surface area contributed by atoms with Crippen LogP contribution in [0.25, 0.3) is 0 Å². The Morgan fingerprint density at radius 2 is 2.05 bits per heavy atom. The van der Waals surface area contributed by atoms with Gasteiger partial charge >= 0.3 is 0 Å². The van der Waals surface area contributed by atoms with Crippen LogP contribution in [0.15, 0.2) is 0 Å². The summed E-state index contributed by atoms with van der Waals surface area (Å²) in [6.45, 7) is 5.48. The number of nitrogens with one attached hydrogen (secondary N) is 1. The number of ether oxygens (including phenoxy) is 1. The molecule has 0 radical (unpaired) electrons. The third-order valence-electron chi connectivity index (χ3n) is 5.58. The fourth-order valence-electron chi connectivity index (χ4n) is 4.20. The lowest BCUT2D eigenvalue weighted by Gasteiger charge is -2.38. The van der Waals surface area contributed by atoms with Crippen molar-refractivity contribution in [2.75, 3.05) is 39.4 Å². The van der Waals surface area contributed by atoms with Crippen molar-refractivity contribution in [2.24, 2.45) is 5.41 Å². The summed E-state index contributed by atoms with van der Waals surface area (Å²) in [5.41, 5.74) is 0.142. The van der Waals surface area contributed by atoms with E-state index in [1.54, 1.807) is 0 Å². The molecule has 1 saturated carbocycles. The molecule has 1 aliphatic carbocycles. The Labute approximate surface area is 122 Å². The lowest BCUT2D eigenvalue weighted by atomic mass is 9.74. The SMILES string of the molecule is OCC1(CNCC2CN3CCCC3CO2)CCCCC1. The van der Waals surface area contributed by atoms with Crippen LogP contribution in [0.5, 0.6) is 0 Å². The van der Waals surface area contributed by atoms with Crippen LogP contribution in [-0.4, -0.2) is 61.5 Å². The number of nitrogens with zero attached hydrogens (tertiary/aromatic N) is 1. The zero-order chi connectivity index (χ0) is 13.8. The molecule has 0 bridgehead atoms. The fourth-order valence-corrected chi connectivity index (χ4v) is 4.20. The van der Waals surface area contributed by atoms with Crippen molar-refractivity contribution in [3.05, 3.63) is 0 Å². The highest BCUT2D eigenvalue weighted by atomic mass is 16.5. The summed E-state index contributed by atoms with van der Waals surface area (Å²) in [6.07, 6.45) is 9.23. The third kappa shape index (κ3) is 3.35. The van der Waals surface area contributed by atoms with Crippen LogP contribution in [0.1, 0.15) is 44.9 Å². The Morgan fingerprint density at radius 3 is 2.85 bits per heavy atom. The van der Waals surface area contributed by atoms with Crippen LogP contribution in [0.3, 0.4) is 0 Å². The second-order valence-electron chi connectivity index (χ2n) is 7.10. The Balaban J connectivity index is 1.40. The summed E-state index contributed by atoms with van der Waals surface area (Å²) in [6, 6.07) is 0.688. The quantitative estimate of drug-likeness (QED) is 0.800. The number of fused-ring (bicyclic) bond motifs is 1. The van der Waals surface area contributed by atoms with E-state index in [9.17, 15) is 5.11 Å². The van der Waals surface area contributed by atoms with Gasteiger partial charge in [-0.15, -0.1) is 0 Å². The smallest absolute Gasteiger partial charge is 0.0826 e. The molecule has 2 atom stereocenters. The lowest BCUT2D eigenvalue weighted by Crippen LogP contribution is -2.50. The summed E-state index contributed by atoms with van der Waals surface area (Å²) in [5, 5.41) is 13.3. The summed E-state index contributed by atoms with van der Waals surface area (Å²) >= 11 is 0. The molecule has 0 aromatic carbocycles. The van der Waals surface area contributed by atoms with E-state index in [1.807, 2.05) is 0 Å². The number of rotatable bonds is 5. The Bertz CT molecular complexity index is 305. The molecule has 3 fully saturated rings. The predicted octanol–water partition coefficient (Wildman–Crippen LogP) is 1.38. The Kier molecular flexibility index (Phi) is 4.97. The van der Waals surface area contributed by atoms with Crippen molar-refractivity contribution >= 4 is 0 Å². The van der Waals surface area contributed by atoms with Crippen LogP contribution in [0, 0.1) is 5.41 Å². The minimum absolute atomic E-state index is 0.142. The maximum Gasteiger partial charge on any atom is 0.0826 e. The van der Waals surface area contributed by atoms with E-state index in [0.29, 0.717) is 18.8 Å². The molecule has 4 heteroatoms. The van der Waals surface area contributed by atoms with Gasteiger partial charge < -0.3 is 15.2 Å². The molecule has 20 heavy (non-hydrogen) atoms. The van der Waals surface area contributed by atoms with E-state index in [4.69, 9.17) is 4.74 Å². The van der Waals surface area contributed by atoms with Gasteiger partial charge in [-0.3, -0.25) is 4.90 Å². The first kappa shape index (κ1) is 14.8. The maximum absolute atomic E-state index is 9.72. The molecule has 3 rings (SSSR count). The van der Waals surface area contributed by atoms with Crippen molar-refractivity contribution < 1.29 is 9.84 Å². The van der Waals surface area contributed by atoms with E-state index in [1.165, 1.54) is 51.5 Å². The zero-order valence-corrected chi connectivity index (χ0v) is 12.6. The average molecular weight is 282 g/mol. The van der Waals surface area contributed by atoms with Crippen molar-refractivity contribution in [3.8, 4) is 0 Å². The monoisotopic (exact) mass is 282 g/mol. The van der Waals surface area contributed by atoms with Gasteiger partial charge in [0.25, 0.3) is 0 Å². The van der Waals surface area contributed by atoms with E-state index in [-0.39, 0.29) is 5.41 Å². The van der Waals surface area contributed by atoms with Gasteiger partial charge in [0.2, 0.25) is 0 Å².